The highest BCUT2D eigenvalue weighted by atomic mass is 19.1. The van der Waals surface area contributed by atoms with Crippen molar-refractivity contribution < 1.29 is 9.18 Å². The SMILES string of the molecule is CCCCNC(=O)CN=C(N)C(=N)C(N)=N[C@@H]1Cc2ccc(F)cc21. The molecule has 1 aromatic carbocycles. The Labute approximate surface area is 145 Å². The lowest BCUT2D eigenvalue weighted by atomic mass is 9.83. The number of rotatable bonds is 8. The van der Waals surface area contributed by atoms with Gasteiger partial charge in [0.1, 0.15) is 29.7 Å². The second-order valence-electron chi connectivity index (χ2n) is 5.86. The highest BCUT2D eigenvalue weighted by molar-refractivity contribution is 6.66. The predicted molar refractivity (Wildman–Crippen MR) is 96.6 cm³/mol. The zero-order valence-corrected chi connectivity index (χ0v) is 14.2. The number of carbonyl (C=O) groups is 1. The molecule has 8 heteroatoms. The van der Waals surface area contributed by atoms with Gasteiger partial charge in [-0.2, -0.15) is 0 Å². The van der Waals surface area contributed by atoms with E-state index in [0.29, 0.717) is 13.0 Å². The van der Waals surface area contributed by atoms with Gasteiger partial charge in [0, 0.05) is 6.54 Å². The second-order valence-corrected chi connectivity index (χ2v) is 5.86. The molecule has 1 aromatic rings. The van der Waals surface area contributed by atoms with Gasteiger partial charge in [0.15, 0.2) is 0 Å². The number of carbonyl (C=O) groups excluding carboxylic acids is 1. The van der Waals surface area contributed by atoms with E-state index in [4.69, 9.17) is 16.9 Å². The maximum absolute atomic E-state index is 13.3. The molecule has 7 nitrogen and oxygen atoms in total. The molecule has 1 aliphatic carbocycles. The van der Waals surface area contributed by atoms with Crippen molar-refractivity contribution in [3.8, 4) is 0 Å². The van der Waals surface area contributed by atoms with Gasteiger partial charge in [-0.1, -0.05) is 19.4 Å². The molecule has 2 rings (SSSR count). The first kappa shape index (κ1) is 18.6. The molecule has 0 aromatic heterocycles. The Balaban J connectivity index is 1.93. The van der Waals surface area contributed by atoms with Crippen molar-refractivity contribution >= 4 is 23.3 Å². The summed E-state index contributed by atoms with van der Waals surface area (Å²) in [5, 5.41) is 10.6. The Kier molecular flexibility index (Phi) is 6.21. The molecule has 0 saturated heterocycles. The molecule has 0 heterocycles. The van der Waals surface area contributed by atoms with Gasteiger partial charge in [0.05, 0.1) is 6.04 Å². The van der Waals surface area contributed by atoms with Gasteiger partial charge in [-0.15, -0.1) is 0 Å². The average molecular weight is 346 g/mol. The number of unbranched alkanes of at least 4 members (excludes halogenated alkanes) is 1. The summed E-state index contributed by atoms with van der Waals surface area (Å²) in [6.07, 6.45) is 2.52. The fraction of sp³-hybridized carbons (Fsp3) is 0.412. The average Bonchev–Trinajstić information content (AvgIpc) is 2.58. The first-order valence-electron chi connectivity index (χ1n) is 8.19. The molecular weight excluding hydrogens is 323 g/mol. The lowest BCUT2D eigenvalue weighted by Crippen LogP contribution is -2.37. The Morgan fingerprint density at radius 2 is 2.16 bits per heavy atom. The molecule has 6 N–H and O–H groups in total. The summed E-state index contributed by atoms with van der Waals surface area (Å²) in [6, 6.07) is 4.25. The normalized spacial score (nSPS) is 16.8. The number of amides is 1. The second kappa shape index (κ2) is 8.36. The van der Waals surface area contributed by atoms with Crippen molar-refractivity contribution in [1.82, 2.24) is 5.32 Å². The molecule has 0 spiro atoms. The maximum atomic E-state index is 13.3. The number of nitrogens with one attached hydrogen (secondary N) is 2. The Morgan fingerprint density at radius 3 is 2.88 bits per heavy atom. The molecule has 0 bridgehead atoms. The number of hydrogen-bond donors (Lipinski definition) is 4. The first-order valence-corrected chi connectivity index (χ1v) is 8.19. The molecule has 0 radical (unpaired) electrons. The van der Waals surface area contributed by atoms with Gasteiger partial charge in [0.25, 0.3) is 0 Å². The monoisotopic (exact) mass is 346 g/mol. The maximum Gasteiger partial charge on any atom is 0.241 e. The zero-order valence-electron chi connectivity index (χ0n) is 14.2. The smallest absolute Gasteiger partial charge is 0.241 e. The summed E-state index contributed by atoms with van der Waals surface area (Å²) >= 11 is 0. The quantitative estimate of drug-likeness (QED) is 0.319. The number of benzene rings is 1. The lowest BCUT2D eigenvalue weighted by molar-refractivity contribution is -0.119. The van der Waals surface area contributed by atoms with E-state index in [0.717, 1.165) is 24.0 Å². The summed E-state index contributed by atoms with van der Waals surface area (Å²) in [4.78, 5) is 19.7. The third kappa shape index (κ3) is 4.85. The number of amidine groups is 2. The third-order valence-electron chi connectivity index (χ3n) is 3.93. The van der Waals surface area contributed by atoms with E-state index in [1.165, 1.54) is 12.1 Å². The summed E-state index contributed by atoms with van der Waals surface area (Å²) in [5.74, 6) is -0.816. The minimum Gasteiger partial charge on any atom is -0.382 e. The van der Waals surface area contributed by atoms with Crippen LogP contribution in [0.4, 0.5) is 4.39 Å². The van der Waals surface area contributed by atoms with Crippen LogP contribution in [0.2, 0.25) is 0 Å². The van der Waals surface area contributed by atoms with Gasteiger partial charge in [-0.05, 0) is 36.1 Å². The van der Waals surface area contributed by atoms with Crippen molar-refractivity contribution in [2.75, 3.05) is 13.1 Å². The van der Waals surface area contributed by atoms with Crippen molar-refractivity contribution in [2.24, 2.45) is 21.5 Å². The van der Waals surface area contributed by atoms with E-state index in [-0.39, 0.29) is 41.7 Å². The molecule has 0 fully saturated rings. The molecule has 25 heavy (non-hydrogen) atoms. The largest absolute Gasteiger partial charge is 0.382 e. The molecular formula is C17H23FN6O. The number of halogens is 1. The fourth-order valence-corrected chi connectivity index (χ4v) is 2.42. The summed E-state index contributed by atoms with van der Waals surface area (Å²) in [6.45, 7) is 2.45. The summed E-state index contributed by atoms with van der Waals surface area (Å²) in [5.41, 5.74) is 13.0. The highest BCUT2D eigenvalue weighted by Crippen LogP contribution is 2.36. The third-order valence-corrected chi connectivity index (χ3v) is 3.93. The predicted octanol–water partition coefficient (Wildman–Crippen LogP) is 1.07. The van der Waals surface area contributed by atoms with E-state index in [9.17, 15) is 9.18 Å². The number of nitrogens with two attached hydrogens (primary N) is 2. The molecule has 0 saturated carbocycles. The number of hydrogen-bond acceptors (Lipinski definition) is 4. The molecule has 134 valence electrons. The van der Waals surface area contributed by atoms with Gasteiger partial charge >= 0.3 is 0 Å². The van der Waals surface area contributed by atoms with Crippen LogP contribution in [0.25, 0.3) is 0 Å². The van der Waals surface area contributed by atoms with Crippen LogP contribution in [0, 0.1) is 11.2 Å². The van der Waals surface area contributed by atoms with Crippen molar-refractivity contribution in [3.05, 3.63) is 35.1 Å². The van der Waals surface area contributed by atoms with Crippen LogP contribution in [0.3, 0.4) is 0 Å². The topological polar surface area (TPSA) is 130 Å². The highest BCUT2D eigenvalue weighted by Gasteiger charge is 2.26. The zero-order chi connectivity index (χ0) is 18.4. The van der Waals surface area contributed by atoms with Gasteiger partial charge in [-0.25, -0.2) is 4.39 Å². The van der Waals surface area contributed by atoms with E-state index < -0.39 is 0 Å². The molecule has 0 unspecified atom stereocenters. The van der Waals surface area contributed by atoms with Crippen LogP contribution in [0.1, 0.15) is 36.9 Å². The number of fused-ring (bicyclic) bond motifs is 1. The molecule has 1 amide bonds. The summed E-state index contributed by atoms with van der Waals surface area (Å²) in [7, 11) is 0. The van der Waals surface area contributed by atoms with E-state index >= 15 is 0 Å². The van der Waals surface area contributed by atoms with Crippen LogP contribution in [0.5, 0.6) is 0 Å². The van der Waals surface area contributed by atoms with Crippen molar-refractivity contribution in [3.63, 3.8) is 0 Å². The molecule has 0 aliphatic heterocycles. The molecule has 1 atom stereocenters. The Bertz CT molecular complexity index is 728. The van der Waals surface area contributed by atoms with Crippen LogP contribution >= 0.6 is 0 Å². The number of nitrogens with zero attached hydrogens (tertiary/aromatic N) is 2. The Morgan fingerprint density at radius 1 is 1.40 bits per heavy atom. The fourth-order valence-electron chi connectivity index (χ4n) is 2.42. The van der Waals surface area contributed by atoms with Gasteiger partial charge in [-0.3, -0.25) is 20.2 Å². The van der Waals surface area contributed by atoms with Crippen molar-refractivity contribution in [1.29, 1.82) is 5.41 Å². The van der Waals surface area contributed by atoms with Gasteiger partial charge in [0.2, 0.25) is 5.91 Å². The van der Waals surface area contributed by atoms with Crippen LogP contribution < -0.4 is 16.8 Å². The van der Waals surface area contributed by atoms with Crippen molar-refractivity contribution in [2.45, 2.75) is 32.2 Å². The van der Waals surface area contributed by atoms with E-state index in [2.05, 4.69) is 15.3 Å². The summed E-state index contributed by atoms with van der Waals surface area (Å²) < 4.78 is 13.3. The minimum absolute atomic E-state index is 0.0763. The standard InChI is InChI=1S/C17H23FN6O/c1-2-3-6-22-14(25)9-23-16(20)15(19)17(21)24-13-7-10-4-5-11(18)8-12(10)13/h4-5,8,13,19H,2-3,6-7,9H2,1H3,(H2,20,23)(H2,21,24)(H,22,25)/t13-/m1/s1. The number of aliphatic imine (C=N–C) groups is 2. The van der Waals surface area contributed by atoms with E-state index in [1.54, 1.807) is 6.07 Å². The van der Waals surface area contributed by atoms with Crippen LogP contribution in [-0.2, 0) is 11.2 Å². The van der Waals surface area contributed by atoms with Gasteiger partial charge < -0.3 is 16.8 Å². The lowest BCUT2D eigenvalue weighted by Gasteiger charge is -2.27. The minimum atomic E-state index is -0.331. The van der Waals surface area contributed by atoms with E-state index in [1.807, 2.05) is 6.92 Å². The molecule has 1 aliphatic rings. The van der Waals surface area contributed by atoms with Crippen LogP contribution in [-0.4, -0.2) is 36.4 Å². The Hall–Kier alpha value is -2.77. The van der Waals surface area contributed by atoms with Crippen LogP contribution in [0.15, 0.2) is 28.2 Å². The first-order chi connectivity index (χ1) is 11.9.